The van der Waals surface area contributed by atoms with Crippen LogP contribution in [-0.2, 0) is 16.1 Å². The number of hydrogen-bond acceptors (Lipinski definition) is 5. The molecule has 8 heteroatoms. The second-order valence-corrected chi connectivity index (χ2v) is 6.69. The van der Waals surface area contributed by atoms with E-state index < -0.39 is 0 Å². The van der Waals surface area contributed by atoms with Crippen LogP contribution in [0.2, 0.25) is 0 Å². The highest BCUT2D eigenvalue weighted by Gasteiger charge is 2.34. The monoisotopic (exact) mass is 367 g/mol. The van der Waals surface area contributed by atoms with Crippen LogP contribution in [0.25, 0.3) is 0 Å². The molecule has 0 radical (unpaired) electrons. The van der Waals surface area contributed by atoms with Crippen LogP contribution in [0.15, 0.2) is 24.3 Å². The molecule has 1 saturated heterocycles. The molecule has 0 spiro atoms. The van der Waals surface area contributed by atoms with E-state index in [0.717, 1.165) is 17.7 Å². The largest absolute Gasteiger partial charge is 0.484 e. The van der Waals surface area contributed by atoms with Crippen LogP contribution in [0.3, 0.4) is 0 Å². The number of ether oxygens (including phenoxy) is 1. The average Bonchev–Trinajstić information content (AvgIpc) is 2.86. The molecule has 24 heavy (non-hydrogen) atoms. The van der Waals surface area contributed by atoms with Crippen LogP contribution >= 0.6 is 24.0 Å². The van der Waals surface area contributed by atoms with E-state index in [-0.39, 0.29) is 24.5 Å². The van der Waals surface area contributed by atoms with Gasteiger partial charge in [0.2, 0.25) is 0 Å². The highest BCUT2D eigenvalue weighted by atomic mass is 32.2. The Kier molecular flexibility index (Phi) is 6.86. The molecule has 2 amide bonds. The summed E-state index contributed by atoms with van der Waals surface area (Å²) in [5.74, 6) is 1.36. The molecule has 0 aromatic heterocycles. The number of carbonyl (C=O) groups is 2. The highest BCUT2D eigenvalue weighted by molar-refractivity contribution is 7.98. The molecule has 1 fully saturated rings. The van der Waals surface area contributed by atoms with E-state index in [1.54, 1.807) is 35.8 Å². The summed E-state index contributed by atoms with van der Waals surface area (Å²) in [5, 5.41) is 6.05. The van der Waals surface area contributed by atoms with E-state index in [1.807, 2.05) is 18.4 Å². The van der Waals surface area contributed by atoms with Gasteiger partial charge in [0.1, 0.15) is 11.8 Å². The van der Waals surface area contributed by atoms with Crippen LogP contribution in [-0.4, -0.2) is 53.5 Å². The fraction of sp³-hybridized carbons (Fsp3) is 0.438. The lowest BCUT2D eigenvalue weighted by molar-refractivity contribution is -0.127. The minimum absolute atomic E-state index is 0.0222. The number of nitrogens with one attached hydrogen (secondary N) is 2. The molecule has 1 aromatic rings. The van der Waals surface area contributed by atoms with E-state index >= 15 is 0 Å². The van der Waals surface area contributed by atoms with Crippen molar-refractivity contribution in [2.45, 2.75) is 19.0 Å². The van der Waals surface area contributed by atoms with Crippen molar-refractivity contribution in [3.8, 4) is 5.75 Å². The SMILES string of the molecule is CNC(=O)COc1ccc(CN2C(=O)[C@H](CCSC)NC2=S)cc1. The molecule has 6 nitrogen and oxygen atoms in total. The van der Waals surface area contributed by atoms with Crippen molar-refractivity contribution in [3.63, 3.8) is 0 Å². The van der Waals surface area contributed by atoms with Gasteiger partial charge >= 0.3 is 0 Å². The summed E-state index contributed by atoms with van der Waals surface area (Å²) in [7, 11) is 1.56. The molecule has 130 valence electrons. The average molecular weight is 367 g/mol. The molecule has 1 aliphatic rings. The number of nitrogens with zero attached hydrogens (tertiary/aromatic N) is 1. The molecule has 1 heterocycles. The van der Waals surface area contributed by atoms with Crippen molar-refractivity contribution in [1.82, 2.24) is 15.5 Å². The molecular weight excluding hydrogens is 346 g/mol. The van der Waals surface area contributed by atoms with Crippen molar-refractivity contribution < 1.29 is 14.3 Å². The van der Waals surface area contributed by atoms with Gasteiger partial charge in [-0.3, -0.25) is 14.5 Å². The quantitative estimate of drug-likeness (QED) is 0.672. The third-order valence-electron chi connectivity index (χ3n) is 3.63. The van der Waals surface area contributed by atoms with E-state index in [1.165, 1.54) is 0 Å². The number of thiocarbonyl (C=S) groups is 1. The third-order valence-corrected chi connectivity index (χ3v) is 4.61. The number of hydrogen-bond donors (Lipinski definition) is 2. The molecule has 1 atom stereocenters. The van der Waals surface area contributed by atoms with E-state index in [0.29, 0.717) is 17.4 Å². The fourth-order valence-corrected chi connectivity index (χ4v) is 3.02. The Labute approximate surface area is 151 Å². The zero-order valence-corrected chi connectivity index (χ0v) is 15.3. The Morgan fingerprint density at radius 2 is 2.12 bits per heavy atom. The molecule has 0 unspecified atom stereocenters. The Bertz CT molecular complexity index is 607. The Morgan fingerprint density at radius 1 is 1.42 bits per heavy atom. The van der Waals surface area contributed by atoms with Gasteiger partial charge in [0.15, 0.2) is 11.7 Å². The maximum Gasteiger partial charge on any atom is 0.257 e. The smallest absolute Gasteiger partial charge is 0.257 e. The Hall–Kier alpha value is -1.80. The number of likely N-dealkylation sites (N-methyl/N-ethyl adjacent to an activating group) is 1. The van der Waals surface area contributed by atoms with Gasteiger partial charge < -0.3 is 15.4 Å². The lowest BCUT2D eigenvalue weighted by atomic mass is 10.2. The number of amides is 2. The number of benzene rings is 1. The first-order valence-corrected chi connectivity index (χ1v) is 9.38. The van der Waals surface area contributed by atoms with Gasteiger partial charge in [0.25, 0.3) is 11.8 Å². The third kappa shape index (κ3) is 4.85. The zero-order chi connectivity index (χ0) is 17.5. The van der Waals surface area contributed by atoms with E-state index in [9.17, 15) is 9.59 Å². The van der Waals surface area contributed by atoms with Crippen molar-refractivity contribution in [2.75, 3.05) is 25.7 Å². The minimum Gasteiger partial charge on any atom is -0.484 e. The second kappa shape index (κ2) is 8.89. The lowest BCUT2D eigenvalue weighted by Crippen LogP contribution is -2.31. The first-order chi connectivity index (χ1) is 11.5. The van der Waals surface area contributed by atoms with Crippen molar-refractivity contribution in [2.24, 2.45) is 0 Å². The predicted molar refractivity (Wildman–Crippen MR) is 99.1 cm³/mol. The van der Waals surface area contributed by atoms with Gasteiger partial charge in [0.05, 0.1) is 6.54 Å². The Balaban J connectivity index is 1.92. The van der Waals surface area contributed by atoms with Crippen molar-refractivity contribution in [1.29, 1.82) is 0 Å². The maximum absolute atomic E-state index is 12.4. The summed E-state index contributed by atoms with van der Waals surface area (Å²) in [6.45, 7) is 0.405. The molecule has 1 aliphatic heterocycles. The molecule has 0 saturated carbocycles. The second-order valence-electron chi connectivity index (χ2n) is 5.31. The van der Waals surface area contributed by atoms with Crippen molar-refractivity contribution >= 4 is 40.9 Å². The van der Waals surface area contributed by atoms with Gasteiger partial charge in [-0.2, -0.15) is 11.8 Å². The number of thioether (sulfide) groups is 1. The van der Waals surface area contributed by atoms with Crippen LogP contribution in [0.1, 0.15) is 12.0 Å². The normalized spacial score (nSPS) is 16.9. The fourth-order valence-electron chi connectivity index (χ4n) is 2.25. The first-order valence-electron chi connectivity index (χ1n) is 7.58. The molecule has 0 aliphatic carbocycles. The summed E-state index contributed by atoms with van der Waals surface area (Å²) in [6, 6.07) is 7.07. The lowest BCUT2D eigenvalue weighted by Gasteiger charge is -2.15. The summed E-state index contributed by atoms with van der Waals surface area (Å²) >= 11 is 6.98. The minimum atomic E-state index is -0.222. The van der Waals surface area contributed by atoms with E-state index in [2.05, 4.69) is 10.6 Å². The number of rotatable bonds is 8. The molecule has 0 bridgehead atoms. The van der Waals surface area contributed by atoms with E-state index in [4.69, 9.17) is 17.0 Å². The summed E-state index contributed by atoms with van der Waals surface area (Å²) in [6.07, 6.45) is 2.78. The molecular formula is C16H21N3O3S2. The summed E-state index contributed by atoms with van der Waals surface area (Å²) < 4.78 is 5.35. The Morgan fingerprint density at radius 3 is 2.75 bits per heavy atom. The number of carbonyl (C=O) groups excluding carboxylic acids is 2. The van der Waals surface area contributed by atoms with Gasteiger partial charge in [0, 0.05) is 7.05 Å². The summed E-state index contributed by atoms with van der Waals surface area (Å²) in [4.78, 5) is 25.2. The van der Waals surface area contributed by atoms with Crippen molar-refractivity contribution in [3.05, 3.63) is 29.8 Å². The topological polar surface area (TPSA) is 70.7 Å². The first kappa shape index (κ1) is 18.5. The summed E-state index contributed by atoms with van der Waals surface area (Å²) in [5.41, 5.74) is 0.949. The zero-order valence-electron chi connectivity index (χ0n) is 13.7. The van der Waals surface area contributed by atoms with Crippen LogP contribution in [0, 0.1) is 0 Å². The van der Waals surface area contributed by atoms with Gasteiger partial charge in [-0.25, -0.2) is 0 Å². The van der Waals surface area contributed by atoms with Crippen LogP contribution in [0.5, 0.6) is 5.75 Å². The molecule has 2 N–H and O–H groups in total. The molecule has 1 aromatic carbocycles. The molecule has 2 rings (SSSR count). The predicted octanol–water partition coefficient (Wildman–Crippen LogP) is 1.15. The van der Waals surface area contributed by atoms with Crippen LogP contribution < -0.4 is 15.4 Å². The standard InChI is InChI=1S/C16H21N3O3S2/c1-17-14(20)10-22-12-5-3-11(4-6-12)9-19-15(21)13(7-8-24-2)18-16(19)23/h3-6,13H,7-10H2,1-2H3,(H,17,20)(H,18,23)/t13-/m0/s1. The van der Waals surface area contributed by atoms with Gasteiger partial charge in [-0.1, -0.05) is 12.1 Å². The van der Waals surface area contributed by atoms with Gasteiger partial charge in [-0.15, -0.1) is 0 Å². The highest BCUT2D eigenvalue weighted by Crippen LogP contribution is 2.18. The van der Waals surface area contributed by atoms with Crippen LogP contribution in [0.4, 0.5) is 0 Å². The van der Waals surface area contributed by atoms with Gasteiger partial charge in [-0.05, 0) is 48.3 Å². The maximum atomic E-state index is 12.4.